The summed E-state index contributed by atoms with van der Waals surface area (Å²) in [6, 6.07) is 0.335. The number of ether oxygens (including phenoxy) is 1. The minimum Gasteiger partial charge on any atom is -0.381 e. The van der Waals surface area contributed by atoms with Gasteiger partial charge in [0.1, 0.15) is 0 Å². The molecule has 1 aliphatic carbocycles. The van der Waals surface area contributed by atoms with Gasteiger partial charge in [-0.05, 0) is 6.92 Å². The standard InChI is InChI=1S/C8H14N2O2/c1-2-9-8(11)10-7-5-3-12-4-6(5)7/h5-7H,2-4H2,1H3,(H2,9,10,11)/t5-,6-/m0/s1. The molecule has 0 spiro atoms. The third-order valence-corrected chi connectivity index (χ3v) is 2.59. The van der Waals surface area contributed by atoms with Crippen molar-refractivity contribution in [1.82, 2.24) is 10.6 Å². The number of hydrogen-bond donors (Lipinski definition) is 2. The molecule has 1 saturated carbocycles. The van der Waals surface area contributed by atoms with Crippen molar-refractivity contribution in [1.29, 1.82) is 0 Å². The van der Waals surface area contributed by atoms with E-state index in [1.54, 1.807) is 0 Å². The Hall–Kier alpha value is -0.770. The fourth-order valence-electron chi connectivity index (χ4n) is 1.82. The van der Waals surface area contributed by atoms with Crippen LogP contribution < -0.4 is 10.6 Å². The van der Waals surface area contributed by atoms with Crippen LogP contribution in [0.1, 0.15) is 6.92 Å². The summed E-state index contributed by atoms with van der Waals surface area (Å²) in [6.45, 7) is 4.24. The molecule has 4 nitrogen and oxygen atoms in total. The van der Waals surface area contributed by atoms with Gasteiger partial charge in [0.05, 0.1) is 13.2 Å². The van der Waals surface area contributed by atoms with Gasteiger partial charge in [-0.3, -0.25) is 0 Å². The summed E-state index contributed by atoms with van der Waals surface area (Å²) in [6.07, 6.45) is 0. The number of fused-ring (bicyclic) bond motifs is 1. The molecule has 0 aromatic rings. The molecule has 2 rings (SSSR count). The lowest BCUT2D eigenvalue weighted by Gasteiger charge is -2.07. The minimum absolute atomic E-state index is 0.0445. The third kappa shape index (κ3) is 1.27. The van der Waals surface area contributed by atoms with E-state index in [1.807, 2.05) is 6.92 Å². The van der Waals surface area contributed by atoms with Crippen LogP contribution in [0.3, 0.4) is 0 Å². The first-order valence-corrected chi connectivity index (χ1v) is 4.45. The Morgan fingerprint density at radius 1 is 1.50 bits per heavy atom. The average Bonchev–Trinajstić information content (AvgIpc) is 2.51. The topological polar surface area (TPSA) is 50.4 Å². The van der Waals surface area contributed by atoms with Crippen LogP contribution in [0.25, 0.3) is 0 Å². The van der Waals surface area contributed by atoms with Crippen molar-refractivity contribution in [3.05, 3.63) is 0 Å². The van der Waals surface area contributed by atoms with Gasteiger partial charge in [-0.1, -0.05) is 0 Å². The Morgan fingerprint density at radius 3 is 2.75 bits per heavy atom. The number of carbonyl (C=O) groups is 1. The largest absolute Gasteiger partial charge is 0.381 e. The highest BCUT2D eigenvalue weighted by Gasteiger charge is 2.54. The van der Waals surface area contributed by atoms with Crippen LogP contribution in [-0.2, 0) is 4.74 Å². The highest BCUT2D eigenvalue weighted by Crippen LogP contribution is 2.43. The summed E-state index contributed by atoms with van der Waals surface area (Å²) in [5, 5.41) is 5.64. The molecule has 0 unspecified atom stereocenters. The van der Waals surface area contributed by atoms with Crippen LogP contribution in [0.5, 0.6) is 0 Å². The molecule has 1 aliphatic heterocycles. The lowest BCUT2D eigenvalue weighted by molar-refractivity contribution is 0.156. The predicted octanol–water partition coefficient (Wildman–Crippen LogP) is -0.0497. The maximum absolute atomic E-state index is 11.1. The quantitative estimate of drug-likeness (QED) is 0.610. The van der Waals surface area contributed by atoms with Gasteiger partial charge < -0.3 is 15.4 Å². The van der Waals surface area contributed by atoms with Crippen LogP contribution >= 0.6 is 0 Å². The molecule has 0 aromatic heterocycles. The monoisotopic (exact) mass is 170 g/mol. The lowest BCUT2D eigenvalue weighted by Crippen LogP contribution is -2.38. The molecule has 2 amide bonds. The van der Waals surface area contributed by atoms with E-state index in [2.05, 4.69) is 10.6 Å². The minimum atomic E-state index is -0.0445. The highest BCUT2D eigenvalue weighted by molar-refractivity contribution is 5.74. The lowest BCUT2D eigenvalue weighted by atomic mass is 10.4. The second kappa shape index (κ2) is 2.94. The van der Waals surface area contributed by atoms with E-state index in [-0.39, 0.29) is 6.03 Å². The number of nitrogens with one attached hydrogen (secondary N) is 2. The van der Waals surface area contributed by atoms with Crippen molar-refractivity contribution in [2.75, 3.05) is 19.8 Å². The summed E-state index contributed by atoms with van der Waals surface area (Å²) in [7, 11) is 0. The van der Waals surface area contributed by atoms with Crippen LogP contribution in [-0.4, -0.2) is 31.8 Å². The smallest absolute Gasteiger partial charge is 0.315 e. The van der Waals surface area contributed by atoms with E-state index in [1.165, 1.54) is 0 Å². The molecule has 2 N–H and O–H groups in total. The van der Waals surface area contributed by atoms with Crippen molar-refractivity contribution >= 4 is 6.03 Å². The van der Waals surface area contributed by atoms with Crippen molar-refractivity contribution in [2.24, 2.45) is 11.8 Å². The number of rotatable bonds is 2. The maximum Gasteiger partial charge on any atom is 0.315 e. The molecular weight excluding hydrogens is 156 g/mol. The van der Waals surface area contributed by atoms with E-state index in [9.17, 15) is 4.79 Å². The van der Waals surface area contributed by atoms with Crippen molar-refractivity contribution < 1.29 is 9.53 Å². The van der Waals surface area contributed by atoms with Crippen LogP contribution in [0.4, 0.5) is 4.79 Å². The van der Waals surface area contributed by atoms with Gasteiger partial charge in [-0.25, -0.2) is 4.79 Å². The van der Waals surface area contributed by atoms with Gasteiger partial charge in [-0.2, -0.15) is 0 Å². The summed E-state index contributed by atoms with van der Waals surface area (Å²) in [4.78, 5) is 11.1. The number of urea groups is 1. The number of amides is 2. The molecule has 0 radical (unpaired) electrons. The molecule has 4 heteroatoms. The fourth-order valence-corrected chi connectivity index (χ4v) is 1.82. The molecule has 2 aliphatic rings. The summed E-state index contributed by atoms with van der Waals surface area (Å²) < 4.78 is 5.21. The van der Waals surface area contributed by atoms with Crippen molar-refractivity contribution in [3.8, 4) is 0 Å². The van der Waals surface area contributed by atoms with Gasteiger partial charge in [0, 0.05) is 24.4 Å². The Bertz CT molecular complexity index is 185. The van der Waals surface area contributed by atoms with Crippen LogP contribution in [0.2, 0.25) is 0 Å². The Labute approximate surface area is 71.7 Å². The second-order valence-corrected chi connectivity index (χ2v) is 3.39. The second-order valence-electron chi connectivity index (χ2n) is 3.39. The van der Waals surface area contributed by atoms with E-state index in [0.29, 0.717) is 24.4 Å². The molecular formula is C8H14N2O2. The van der Waals surface area contributed by atoms with Gasteiger partial charge in [0.25, 0.3) is 0 Å². The fraction of sp³-hybridized carbons (Fsp3) is 0.875. The van der Waals surface area contributed by atoms with E-state index >= 15 is 0 Å². The van der Waals surface area contributed by atoms with Crippen molar-refractivity contribution in [3.63, 3.8) is 0 Å². The number of carbonyl (C=O) groups excluding carboxylic acids is 1. The van der Waals surface area contributed by atoms with E-state index in [0.717, 1.165) is 13.2 Å². The van der Waals surface area contributed by atoms with Gasteiger partial charge >= 0.3 is 6.03 Å². The Morgan fingerprint density at radius 2 is 2.17 bits per heavy atom. The Balaban J connectivity index is 1.72. The van der Waals surface area contributed by atoms with Crippen molar-refractivity contribution in [2.45, 2.75) is 13.0 Å². The zero-order valence-electron chi connectivity index (χ0n) is 7.17. The van der Waals surface area contributed by atoms with E-state index in [4.69, 9.17) is 4.74 Å². The number of hydrogen-bond acceptors (Lipinski definition) is 2. The first-order chi connectivity index (χ1) is 5.83. The van der Waals surface area contributed by atoms with Crippen LogP contribution in [0, 0.1) is 11.8 Å². The normalized spacial score (nSPS) is 37.2. The summed E-state index contributed by atoms with van der Waals surface area (Å²) in [5.74, 6) is 1.18. The summed E-state index contributed by atoms with van der Waals surface area (Å²) in [5.41, 5.74) is 0. The molecule has 1 saturated heterocycles. The molecule has 0 aromatic carbocycles. The molecule has 12 heavy (non-hydrogen) atoms. The zero-order valence-corrected chi connectivity index (χ0v) is 7.17. The van der Waals surface area contributed by atoms with Crippen LogP contribution in [0.15, 0.2) is 0 Å². The SMILES string of the molecule is CCNC(=O)NC1[C@H]2COC[C@H]12. The molecule has 2 fully saturated rings. The first-order valence-electron chi connectivity index (χ1n) is 4.45. The molecule has 68 valence electrons. The Kier molecular flexibility index (Phi) is 1.92. The highest BCUT2D eigenvalue weighted by atomic mass is 16.5. The molecule has 2 atom stereocenters. The van der Waals surface area contributed by atoms with E-state index < -0.39 is 0 Å². The maximum atomic E-state index is 11.1. The first kappa shape index (κ1) is 7.86. The summed E-state index contributed by atoms with van der Waals surface area (Å²) >= 11 is 0. The van der Waals surface area contributed by atoms with Gasteiger partial charge in [0.15, 0.2) is 0 Å². The average molecular weight is 170 g/mol. The predicted molar refractivity (Wildman–Crippen MR) is 43.8 cm³/mol. The van der Waals surface area contributed by atoms with Gasteiger partial charge in [-0.15, -0.1) is 0 Å². The van der Waals surface area contributed by atoms with Gasteiger partial charge in [0.2, 0.25) is 0 Å². The molecule has 1 heterocycles. The zero-order chi connectivity index (χ0) is 8.55. The third-order valence-electron chi connectivity index (χ3n) is 2.59. The molecule has 0 bridgehead atoms.